The van der Waals surface area contributed by atoms with E-state index in [0.717, 1.165) is 22.7 Å². The quantitative estimate of drug-likeness (QED) is 0.697. The summed E-state index contributed by atoms with van der Waals surface area (Å²) in [6.07, 6.45) is 1.62. The van der Waals surface area contributed by atoms with Crippen LogP contribution < -0.4 is 15.4 Å². The first-order valence-corrected chi connectivity index (χ1v) is 8.38. The van der Waals surface area contributed by atoms with Gasteiger partial charge >= 0.3 is 0 Å². The highest BCUT2D eigenvalue weighted by atomic mass is 16.5. The lowest BCUT2D eigenvalue weighted by Crippen LogP contribution is -2.27. The van der Waals surface area contributed by atoms with Gasteiger partial charge in [-0.2, -0.15) is 0 Å². The Bertz CT molecular complexity index is 881. The third-order valence-corrected chi connectivity index (χ3v) is 4.00. The molecule has 1 heterocycles. The molecule has 2 aromatic carbocycles. The number of benzene rings is 2. The maximum atomic E-state index is 12.5. The third-order valence-electron chi connectivity index (χ3n) is 4.00. The zero-order valence-electron chi connectivity index (χ0n) is 14.8. The summed E-state index contributed by atoms with van der Waals surface area (Å²) in [5.74, 6) is 0.550. The van der Waals surface area contributed by atoms with Crippen LogP contribution in [0.5, 0.6) is 5.75 Å². The van der Waals surface area contributed by atoms with Gasteiger partial charge in [0.25, 0.3) is 5.91 Å². The predicted octanol–water partition coefficient (Wildman–Crippen LogP) is 4.32. The molecule has 1 amide bonds. The number of carbonyl (C=O) groups is 1. The van der Waals surface area contributed by atoms with Crippen LogP contribution >= 0.6 is 0 Å². The highest BCUT2D eigenvalue weighted by Crippen LogP contribution is 2.21. The molecule has 0 radical (unpaired) electrons. The topological polar surface area (TPSA) is 63.2 Å². The molecular formula is C21H21N3O2. The van der Waals surface area contributed by atoms with E-state index in [0.29, 0.717) is 5.69 Å². The lowest BCUT2D eigenvalue weighted by molar-refractivity contribution is 0.0935. The summed E-state index contributed by atoms with van der Waals surface area (Å²) in [6, 6.07) is 20.9. The van der Waals surface area contributed by atoms with Crippen molar-refractivity contribution in [1.82, 2.24) is 10.3 Å². The van der Waals surface area contributed by atoms with Crippen molar-refractivity contribution in [2.24, 2.45) is 0 Å². The van der Waals surface area contributed by atoms with Crippen LogP contribution in [0.25, 0.3) is 0 Å². The summed E-state index contributed by atoms with van der Waals surface area (Å²) >= 11 is 0. The van der Waals surface area contributed by atoms with Gasteiger partial charge in [-0.3, -0.25) is 9.78 Å². The van der Waals surface area contributed by atoms with Crippen molar-refractivity contribution in [2.75, 3.05) is 12.4 Å². The minimum Gasteiger partial charge on any atom is -0.497 e. The van der Waals surface area contributed by atoms with E-state index >= 15 is 0 Å². The summed E-state index contributed by atoms with van der Waals surface area (Å²) in [5.41, 5.74) is 3.07. The van der Waals surface area contributed by atoms with E-state index in [-0.39, 0.29) is 11.9 Å². The largest absolute Gasteiger partial charge is 0.497 e. The SMILES string of the molecule is COc1cccc(Nc2ccnc(C(=O)NC(C)c3ccccc3)c2)c1. The van der Waals surface area contributed by atoms with Gasteiger partial charge < -0.3 is 15.4 Å². The van der Waals surface area contributed by atoms with Crippen molar-refractivity contribution in [3.05, 3.63) is 84.2 Å². The Kier molecular flexibility index (Phi) is 5.49. The van der Waals surface area contributed by atoms with Crippen molar-refractivity contribution in [3.8, 4) is 5.75 Å². The van der Waals surface area contributed by atoms with E-state index in [4.69, 9.17) is 4.74 Å². The first-order chi connectivity index (χ1) is 12.7. The molecule has 2 N–H and O–H groups in total. The number of rotatable bonds is 6. The number of nitrogens with one attached hydrogen (secondary N) is 2. The minimum absolute atomic E-state index is 0.0968. The molecule has 0 aliphatic heterocycles. The summed E-state index contributed by atoms with van der Waals surface area (Å²) in [4.78, 5) is 16.7. The van der Waals surface area contributed by atoms with Crippen LogP contribution in [0.4, 0.5) is 11.4 Å². The summed E-state index contributed by atoms with van der Waals surface area (Å²) < 4.78 is 5.22. The maximum Gasteiger partial charge on any atom is 0.270 e. The molecule has 132 valence electrons. The molecule has 3 aromatic rings. The number of aromatic nitrogens is 1. The average molecular weight is 347 g/mol. The lowest BCUT2D eigenvalue weighted by Gasteiger charge is -2.14. The van der Waals surface area contributed by atoms with Crippen LogP contribution in [0.1, 0.15) is 29.0 Å². The first kappa shape index (κ1) is 17.5. The van der Waals surface area contributed by atoms with E-state index in [9.17, 15) is 4.79 Å². The lowest BCUT2D eigenvalue weighted by atomic mass is 10.1. The number of ether oxygens (including phenoxy) is 1. The van der Waals surface area contributed by atoms with Crippen LogP contribution in [0.2, 0.25) is 0 Å². The molecular weight excluding hydrogens is 326 g/mol. The smallest absolute Gasteiger partial charge is 0.270 e. The Morgan fingerprint density at radius 1 is 1.00 bits per heavy atom. The molecule has 0 bridgehead atoms. The summed E-state index contributed by atoms with van der Waals surface area (Å²) in [5, 5.41) is 6.23. The average Bonchev–Trinajstić information content (AvgIpc) is 2.69. The van der Waals surface area contributed by atoms with Crippen molar-refractivity contribution in [3.63, 3.8) is 0 Å². The number of amides is 1. The fourth-order valence-electron chi connectivity index (χ4n) is 2.60. The summed E-state index contributed by atoms with van der Waals surface area (Å²) in [6.45, 7) is 1.95. The fourth-order valence-corrected chi connectivity index (χ4v) is 2.60. The van der Waals surface area contributed by atoms with Gasteiger partial charge in [-0.25, -0.2) is 0 Å². The van der Waals surface area contributed by atoms with Gasteiger partial charge in [-0.1, -0.05) is 36.4 Å². The molecule has 5 heteroatoms. The van der Waals surface area contributed by atoms with Gasteiger partial charge in [0.2, 0.25) is 0 Å². The number of methoxy groups -OCH3 is 1. The number of carbonyl (C=O) groups excluding carboxylic acids is 1. The normalized spacial score (nSPS) is 11.5. The third kappa shape index (κ3) is 4.39. The van der Waals surface area contributed by atoms with Crippen LogP contribution in [-0.2, 0) is 0 Å². The van der Waals surface area contributed by atoms with Crippen molar-refractivity contribution in [2.45, 2.75) is 13.0 Å². The minimum atomic E-state index is -0.212. The number of nitrogens with zero attached hydrogens (tertiary/aromatic N) is 1. The van der Waals surface area contributed by atoms with E-state index in [1.807, 2.05) is 67.6 Å². The van der Waals surface area contributed by atoms with Crippen molar-refractivity contribution < 1.29 is 9.53 Å². The highest BCUT2D eigenvalue weighted by molar-refractivity contribution is 5.93. The molecule has 0 aliphatic rings. The number of hydrogen-bond acceptors (Lipinski definition) is 4. The number of hydrogen-bond donors (Lipinski definition) is 2. The summed E-state index contributed by atoms with van der Waals surface area (Å²) in [7, 11) is 1.63. The Labute approximate surface area is 153 Å². The Balaban J connectivity index is 1.71. The molecule has 0 saturated carbocycles. The molecule has 5 nitrogen and oxygen atoms in total. The molecule has 0 spiro atoms. The Morgan fingerprint density at radius 3 is 2.54 bits per heavy atom. The van der Waals surface area contributed by atoms with Crippen LogP contribution in [0, 0.1) is 0 Å². The second-order valence-electron chi connectivity index (χ2n) is 5.89. The molecule has 0 saturated heterocycles. The molecule has 1 atom stereocenters. The molecule has 0 fully saturated rings. The number of pyridine rings is 1. The number of anilines is 2. The molecule has 3 rings (SSSR count). The van der Waals surface area contributed by atoms with Crippen LogP contribution in [0.3, 0.4) is 0 Å². The Morgan fingerprint density at radius 2 is 1.77 bits per heavy atom. The van der Waals surface area contributed by atoms with Gasteiger partial charge in [-0.15, -0.1) is 0 Å². The fraction of sp³-hybridized carbons (Fsp3) is 0.143. The van der Waals surface area contributed by atoms with E-state index in [1.165, 1.54) is 0 Å². The van der Waals surface area contributed by atoms with E-state index < -0.39 is 0 Å². The molecule has 1 unspecified atom stereocenters. The van der Waals surface area contributed by atoms with Crippen LogP contribution in [0.15, 0.2) is 72.9 Å². The zero-order chi connectivity index (χ0) is 18.4. The zero-order valence-corrected chi connectivity index (χ0v) is 14.8. The maximum absolute atomic E-state index is 12.5. The standard InChI is InChI=1S/C21H21N3O2/c1-15(16-7-4-3-5-8-16)23-21(25)20-14-18(11-12-22-20)24-17-9-6-10-19(13-17)26-2/h3-15H,1-2H3,(H,22,24)(H,23,25). The van der Waals surface area contributed by atoms with Gasteiger partial charge in [0, 0.05) is 23.6 Å². The molecule has 0 aliphatic carbocycles. The second kappa shape index (κ2) is 8.16. The molecule has 1 aromatic heterocycles. The predicted molar refractivity (Wildman–Crippen MR) is 103 cm³/mol. The van der Waals surface area contributed by atoms with Gasteiger partial charge in [0.15, 0.2) is 0 Å². The highest BCUT2D eigenvalue weighted by Gasteiger charge is 2.13. The van der Waals surface area contributed by atoms with Crippen LogP contribution in [-0.4, -0.2) is 18.0 Å². The second-order valence-corrected chi connectivity index (χ2v) is 5.89. The van der Waals surface area contributed by atoms with E-state index in [1.54, 1.807) is 19.4 Å². The van der Waals surface area contributed by atoms with Gasteiger partial charge in [0.1, 0.15) is 11.4 Å². The van der Waals surface area contributed by atoms with Crippen molar-refractivity contribution >= 4 is 17.3 Å². The van der Waals surface area contributed by atoms with Gasteiger partial charge in [0.05, 0.1) is 13.2 Å². The molecule has 26 heavy (non-hydrogen) atoms. The van der Waals surface area contributed by atoms with E-state index in [2.05, 4.69) is 15.6 Å². The Hall–Kier alpha value is -3.34. The first-order valence-electron chi connectivity index (χ1n) is 8.38. The van der Waals surface area contributed by atoms with Gasteiger partial charge in [-0.05, 0) is 36.8 Å². The van der Waals surface area contributed by atoms with Crippen molar-refractivity contribution in [1.29, 1.82) is 0 Å². The monoisotopic (exact) mass is 347 g/mol.